The zero-order chi connectivity index (χ0) is 21.1. The number of nitrogens with zero attached hydrogens (tertiary/aromatic N) is 2. The lowest BCUT2D eigenvalue weighted by molar-refractivity contribution is -0.121. The Bertz CT molecular complexity index is 769. The number of carbonyl (C=O) groups excluding carboxylic acids is 1. The van der Waals surface area contributed by atoms with E-state index in [0.29, 0.717) is 13.0 Å². The molecule has 0 unspecified atom stereocenters. The van der Waals surface area contributed by atoms with Crippen molar-refractivity contribution in [3.63, 3.8) is 0 Å². The highest BCUT2D eigenvalue weighted by Crippen LogP contribution is 2.21. The van der Waals surface area contributed by atoms with E-state index in [1.807, 2.05) is 55.5 Å². The zero-order valence-electron chi connectivity index (χ0n) is 17.5. The number of hydrazone groups is 1. The second kappa shape index (κ2) is 11.9. The highest BCUT2D eigenvalue weighted by molar-refractivity contribution is 5.82. The molecular weight excluding hydrogens is 366 g/mol. The van der Waals surface area contributed by atoms with E-state index >= 15 is 0 Å². The molecule has 0 radical (unpaired) electrons. The van der Waals surface area contributed by atoms with Crippen LogP contribution in [-0.4, -0.2) is 36.9 Å². The minimum atomic E-state index is -0.701. The lowest BCUT2D eigenvalue weighted by Crippen LogP contribution is -2.21. The summed E-state index contributed by atoms with van der Waals surface area (Å²) in [5.74, 6) is 0.534. The monoisotopic (exact) mass is 397 g/mol. The van der Waals surface area contributed by atoms with E-state index in [9.17, 15) is 9.90 Å². The van der Waals surface area contributed by atoms with Gasteiger partial charge in [-0.1, -0.05) is 24.3 Å². The molecule has 2 aromatic rings. The van der Waals surface area contributed by atoms with Gasteiger partial charge in [0.1, 0.15) is 5.75 Å². The first kappa shape index (κ1) is 22.4. The predicted octanol–water partition coefficient (Wildman–Crippen LogP) is 3.90. The molecule has 6 nitrogen and oxygen atoms in total. The third-order valence-electron chi connectivity index (χ3n) is 4.65. The summed E-state index contributed by atoms with van der Waals surface area (Å²) in [5.41, 5.74) is 5.35. The summed E-state index contributed by atoms with van der Waals surface area (Å²) in [6.07, 6.45) is 1.43. The Morgan fingerprint density at radius 1 is 1.10 bits per heavy atom. The van der Waals surface area contributed by atoms with Gasteiger partial charge in [0, 0.05) is 25.2 Å². The van der Waals surface area contributed by atoms with Crippen LogP contribution >= 0.6 is 0 Å². The molecule has 1 amide bonds. The number of amides is 1. The number of carbonyl (C=O) groups is 1. The van der Waals surface area contributed by atoms with Crippen molar-refractivity contribution in [2.75, 3.05) is 24.6 Å². The molecule has 2 rings (SSSR count). The van der Waals surface area contributed by atoms with Crippen LogP contribution in [0.1, 0.15) is 50.8 Å². The maximum absolute atomic E-state index is 12.0. The highest BCUT2D eigenvalue weighted by Gasteiger charge is 2.10. The van der Waals surface area contributed by atoms with Gasteiger partial charge in [0.05, 0.1) is 18.9 Å². The molecule has 0 bridgehead atoms. The van der Waals surface area contributed by atoms with Gasteiger partial charge in [0.15, 0.2) is 0 Å². The van der Waals surface area contributed by atoms with E-state index in [1.165, 1.54) is 5.69 Å². The fourth-order valence-corrected chi connectivity index (χ4v) is 2.98. The van der Waals surface area contributed by atoms with Gasteiger partial charge in [-0.3, -0.25) is 4.79 Å². The molecule has 29 heavy (non-hydrogen) atoms. The summed E-state index contributed by atoms with van der Waals surface area (Å²) in [6, 6.07) is 15.3. The number of rotatable bonds is 11. The van der Waals surface area contributed by atoms with E-state index in [0.717, 1.165) is 30.0 Å². The molecule has 6 heteroatoms. The van der Waals surface area contributed by atoms with Crippen LogP contribution in [0.3, 0.4) is 0 Å². The Morgan fingerprint density at radius 2 is 1.76 bits per heavy atom. The van der Waals surface area contributed by atoms with Crippen molar-refractivity contribution >= 4 is 17.8 Å². The number of benzene rings is 2. The van der Waals surface area contributed by atoms with Gasteiger partial charge in [-0.2, -0.15) is 5.10 Å². The van der Waals surface area contributed by atoms with Crippen molar-refractivity contribution in [1.29, 1.82) is 0 Å². The average molecular weight is 398 g/mol. The van der Waals surface area contributed by atoms with Gasteiger partial charge in [-0.15, -0.1) is 0 Å². The lowest BCUT2D eigenvalue weighted by atomic mass is 10.0. The minimum absolute atomic E-state index is 0.187. The summed E-state index contributed by atoms with van der Waals surface area (Å²) in [7, 11) is 0. The molecule has 0 heterocycles. The van der Waals surface area contributed by atoms with Crippen molar-refractivity contribution in [3.05, 3.63) is 59.7 Å². The van der Waals surface area contributed by atoms with Crippen molar-refractivity contribution in [2.24, 2.45) is 5.10 Å². The van der Waals surface area contributed by atoms with E-state index in [2.05, 4.69) is 29.3 Å². The van der Waals surface area contributed by atoms with Crippen LogP contribution in [0.15, 0.2) is 53.6 Å². The van der Waals surface area contributed by atoms with Crippen LogP contribution in [0.5, 0.6) is 5.75 Å². The van der Waals surface area contributed by atoms with E-state index in [1.54, 1.807) is 6.21 Å². The number of ether oxygens (including phenoxy) is 1. The molecule has 0 aliphatic heterocycles. The fourth-order valence-electron chi connectivity index (χ4n) is 2.98. The third-order valence-corrected chi connectivity index (χ3v) is 4.65. The number of hydrogen-bond acceptors (Lipinski definition) is 5. The molecule has 2 N–H and O–H groups in total. The van der Waals surface area contributed by atoms with Gasteiger partial charge in [-0.25, -0.2) is 5.43 Å². The Labute approximate surface area is 173 Å². The Hall–Kier alpha value is -2.86. The van der Waals surface area contributed by atoms with Crippen LogP contribution in [0, 0.1) is 0 Å². The van der Waals surface area contributed by atoms with Crippen molar-refractivity contribution < 1.29 is 14.6 Å². The van der Waals surface area contributed by atoms with Crippen LogP contribution < -0.4 is 15.1 Å². The Kier molecular flexibility index (Phi) is 9.18. The summed E-state index contributed by atoms with van der Waals surface area (Å²) in [6.45, 7) is 8.70. The van der Waals surface area contributed by atoms with Crippen molar-refractivity contribution in [3.8, 4) is 5.75 Å². The van der Waals surface area contributed by atoms with Crippen molar-refractivity contribution in [2.45, 2.75) is 39.7 Å². The summed E-state index contributed by atoms with van der Waals surface area (Å²) in [5, 5.41) is 14.2. The molecule has 0 spiro atoms. The molecule has 0 aliphatic carbocycles. The highest BCUT2D eigenvalue weighted by atomic mass is 16.5. The van der Waals surface area contributed by atoms with Crippen molar-refractivity contribution in [1.82, 2.24) is 5.43 Å². The first-order valence-corrected chi connectivity index (χ1v) is 10.1. The SMILES string of the molecule is CCOc1ccc([C@H](O)CCC(=O)N/N=C/c2ccc(N(CC)CC)cc2)cc1. The van der Waals surface area contributed by atoms with Gasteiger partial charge >= 0.3 is 0 Å². The Morgan fingerprint density at radius 3 is 2.34 bits per heavy atom. The second-order valence-corrected chi connectivity index (χ2v) is 6.61. The topological polar surface area (TPSA) is 74.2 Å². The van der Waals surface area contributed by atoms with Gasteiger partial charge in [0.2, 0.25) is 5.91 Å². The normalized spacial score (nSPS) is 12.0. The van der Waals surface area contributed by atoms with E-state index < -0.39 is 6.10 Å². The molecule has 156 valence electrons. The smallest absolute Gasteiger partial charge is 0.240 e. The average Bonchev–Trinajstić information content (AvgIpc) is 2.75. The summed E-state index contributed by atoms with van der Waals surface area (Å²) < 4.78 is 5.39. The van der Waals surface area contributed by atoms with Gasteiger partial charge in [0.25, 0.3) is 0 Å². The molecule has 0 saturated heterocycles. The van der Waals surface area contributed by atoms with E-state index in [-0.39, 0.29) is 12.3 Å². The third kappa shape index (κ3) is 7.23. The number of nitrogens with one attached hydrogen (secondary N) is 1. The molecule has 0 fully saturated rings. The Balaban J connectivity index is 1.77. The molecule has 0 aliphatic rings. The largest absolute Gasteiger partial charge is 0.494 e. The molecule has 2 aromatic carbocycles. The standard InChI is InChI=1S/C23H31N3O3/c1-4-26(5-2)20-11-7-18(8-12-20)17-24-25-23(28)16-15-22(27)19-9-13-21(14-10-19)29-6-3/h7-14,17,22,27H,4-6,15-16H2,1-3H3,(H,25,28)/b24-17+/t22-/m1/s1. The van der Waals surface area contributed by atoms with Crippen LogP contribution in [-0.2, 0) is 4.79 Å². The zero-order valence-corrected chi connectivity index (χ0v) is 17.5. The molecule has 0 saturated carbocycles. The summed E-state index contributed by atoms with van der Waals surface area (Å²) >= 11 is 0. The summed E-state index contributed by atoms with van der Waals surface area (Å²) in [4.78, 5) is 14.2. The lowest BCUT2D eigenvalue weighted by Gasteiger charge is -2.20. The van der Waals surface area contributed by atoms with Crippen LogP contribution in [0.25, 0.3) is 0 Å². The maximum atomic E-state index is 12.0. The predicted molar refractivity (Wildman–Crippen MR) is 118 cm³/mol. The molecular formula is C23H31N3O3. The quantitative estimate of drug-likeness (QED) is 0.446. The number of aliphatic hydroxyl groups is 1. The number of anilines is 1. The van der Waals surface area contributed by atoms with Crippen LogP contribution in [0.2, 0.25) is 0 Å². The number of hydrogen-bond donors (Lipinski definition) is 2. The number of aliphatic hydroxyl groups excluding tert-OH is 1. The molecule has 0 aromatic heterocycles. The van der Waals surface area contributed by atoms with Gasteiger partial charge < -0.3 is 14.7 Å². The van der Waals surface area contributed by atoms with E-state index in [4.69, 9.17) is 4.74 Å². The first-order chi connectivity index (χ1) is 14.1. The van der Waals surface area contributed by atoms with Crippen LogP contribution in [0.4, 0.5) is 5.69 Å². The minimum Gasteiger partial charge on any atom is -0.494 e. The molecule has 1 atom stereocenters. The first-order valence-electron chi connectivity index (χ1n) is 10.1. The maximum Gasteiger partial charge on any atom is 0.240 e. The van der Waals surface area contributed by atoms with Gasteiger partial charge in [-0.05, 0) is 62.6 Å². The second-order valence-electron chi connectivity index (χ2n) is 6.61. The fraction of sp³-hybridized carbons (Fsp3) is 0.391.